The van der Waals surface area contributed by atoms with Crippen molar-refractivity contribution >= 4 is 5.69 Å². The maximum atomic E-state index is 13.0. The van der Waals surface area contributed by atoms with Crippen molar-refractivity contribution in [1.82, 2.24) is 4.98 Å². The predicted molar refractivity (Wildman–Crippen MR) is 59.6 cm³/mol. The van der Waals surface area contributed by atoms with E-state index in [1.54, 1.807) is 12.3 Å². The highest BCUT2D eigenvalue weighted by atomic mass is 19.1. The van der Waals surface area contributed by atoms with Crippen molar-refractivity contribution in [1.29, 1.82) is 0 Å². The third-order valence-electron chi connectivity index (χ3n) is 2.15. The van der Waals surface area contributed by atoms with Crippen LogP contribution in [0, 0.1) is 5.82 Å². The Morgan fingerprint density at radius 2 is 2.12 bits per heavy atom. The van der Waals surface area contributed by atoms with E-state index < -0.39 is 5.82 Å². The minimum atomic E-state index is -0.633. The maximum absolute atomic E-state index is 13.0. The fourth-order valence-electron chi connectivity index (χ4n) is 1.31. The molecule has 1 heterocycles. The standard InChI is InChI=1S/C12H11FN2O/c13-11-7-9(4-5-12(11)16)15-8-10-3-1-2-6-14-10/h1-7,15-16H,8H2. The summed E-state index contributed by atoms with van der Waals surface area (Å²) in [5, 5.41) is 12.0. The molecule has 4 heteroatoms. The first-order valence-corrected chi connectivity index (χ1v) is 4.88. The summed E-state index contributed by atoms with van der Waals surface area (Å²) >= 11 is 0. The third-order valence-corrected chi connectivity index (χ3v) is 2.15. The van der Waals surface area contributed by atoms with Gasteiger partial charge in [0.25, 0.3) is 0 Å². The van der Waals surface area contributed by atoms with Crippen molar-refractivity contribution in [2.45, 2.75) is 6.54 Å². The number of nitrogens with zero attached hydrogens (tertiary/aromatic N) is 1. The average molecular weight is 218 g/mol. The van der Waals surface area contributed by atoms with Gasteiger partial charge in [0.15, 0.2) is 11.6 Å². The molecule has 0 radical (unpaired) electrons. The number of hydrogen-bond donors (Lipinski definition) is 2. The van der Waals surface area contributed by atoms with Gasteiger partial charge in [0.2, 0.25) is 0 Å². The molecule has 0 aliphatic carbocycles. The van der Waals surface area contributed by atoms with E-state index in [1.807, 2.05) is 18.2 Å². The Labute approximate surface area is 92.6 Å². The predicted octanol–water partition coefficient (Wildman–Crippen LogP) is 2.54. The van der Waals surface area contributed by atoms with Gasteiger partial charge in [-0.1, -0.05) is 6.07 Å². The van der Waals surface area contributed by atoms with Gasteiger partial charge in [-0.05, 0) is 24.3 Å². The first-order chi connectivity index (χ1) is 7.75. The molecule has 2 N–H and O–H groups in total. The van der Waals surface area contributed by atoms with E-state index in [0.717, 1.165) is 5.69 Å². The number of aromatic hydroxyl groups is 1. The molecule has 0 fully saturated rings. The number of benzene rings is 1. The first-order valence-electron chi connectivity index (χ1n) is 4.88. The van der Waals surface area contributed by atoms with Crippen LogP contribution in [-0.4, -0.2) is 10.1 Å². The van der Waals surface area contributed by atoms with E-state index in [1.165, 1.54) is 12.1 Å². The van der Waals surface area contributed by atoms with Gasteiger partial charge in [-0.25, -0.2) is 4.39 Å². The summed E-state index contributed by atoms with van der Waals surface area (Å²) in [5.74, 6) is -0.977. The lowest BCUT2D eigenvalue weighted by Gasteiger charge is -2.06. The molecule has 3 nitrogen and oxygen atoms in total. The molecule has 82 valence electrons. The highest BCUT2D eigenvalue weighted by Gasteiger charge is 2.01. The van der Waals surface area contributed by atoms with Crippen LogP contribution in [0.15, 0.2) is 42.6 Å². The Hall–Kier alpha value is -2.10. The van der Waals surface area contributed by atoms with Crippen molar-refractivity contribution in [3.8, 4) is 5.75 Å². The summed E-state index contributed by atoms with van der Waals surface area (Å²) < 4.78 is 13.0. The van der Waals surface area contributed by atoms with Gasteiger partial charge in [-0.3, -0.25) is 4.98 Å². The number of phenolic OH excluding ortho intramolecular Hbond substituents is 1. The Kier molecular flexibility index (Phi) is 3.00. The summed E-state index contributed by atoms with van der Waals surface area (Å²) in [6, 6.07) is 9.78. The van der Waals surface area contributed by atoms with Gasteiger partial charge in [-0.15, -0.1) is 0 Å². The van der Waals surface area contributed by atoms with Crippen molar-refractivity contribution in [3.63, 3.8) is 0 Å². The molecule has 0 bridgehead atoms. The van der Waals surface area contributed by atoms with Gasteiger partial charge >= 0.3 is 0 Å². The summed E-state index contributed by atoms with van der Waals surface area (Å²) in [6.07, 6.45) is 1.70. The lowest BCUT2D eigenvalue weighted by molar-refractivity contribution is 0.432. The molecule has 0 atom stereocenters. The molecule has 0 unspecified atom stereocenters. The number of rotatable bonds is 3. The zero-order valence-electron chi connectivity index (χ0n) is 8.52. The summed E-state index contributed by atoms with van der Waals surface area (Å²) in [6.45, 7) is 0.519. The van der Waals surface area contributed by atoms with Crippen molar-refractivity contribution in [3.05, 3.63) is 54.1 Å². The molecule has 16 heavy (non-hydrogen) atoms. The van der Waals surface area contributed by atoms with E-state index in [2.05, 4.69) is 10.3 Å². The number of nitrogens with one attached hydrogen (secondary N) is 1. The SMILES string of the molecule is Oc1ccc(NCc2ccccn2)cc1F. The van der Waals surface area contributed by atoms with Gasteiger partial charge in [-0.2, -0.15) is 0 Å². The Morgan fingerprint density at radius 3 is 2.81 bits per heavy atom. The minimum absolute atomic E-state index is 0.344. The van der Waals surface area contributed by atoms with Crippen molar-refractivity contribution < 1.29 is 9.50 Å². The molecule has 1 aromatic heterocycles. The lowest BCUT2D eigenvalue weighted by Crippen LogP contribution is -2.01. The van der Waals surface area contributed by atoms with Crippen LogP contribution in [0.25, 0.3) is 0 Å². The van der Waals surface area contributed by atoms with E-state index >= 15 is 0 Å². The van der Waals surface area contributed by atoms with E-state index in [9.17, 15) is 4.39 Å². The third kappa shape index (κ3) is 2.48. The molecular weight excluding hydrogens is 207 g/mol. The smallest absolute Gasteiger partial charge is 0.166 e. The molecular formula is C12H11FN2O. The van der Waals surface area contributed by atoms with Gasteiger partial charge in [0.1, 0.15) is 0 Å². The molecule has 1 aromatic carbocycles. The minimum Gasteiger partial charge on any atom is -0.505 e. The average Bonchev–Trinajstić information content (AvgIpc) is 2.32. The summed E-state index contributed by atoms with van der Waals surface area (Å²) in [7, 11) is 0. The van der Waals surface area contributed by atoms with Crippen molar-refractivity contribution in [2.24, 2.45) is 0 Å². The van der Waals surface area contributed by atoms with Crippen LogP contribution in [0.4, 0.5) is 10.1 Å². The number of phenols is 1. The largest absolute Gasteiger partial charge is 0.505 e. The molecule has 2 rings (SSSR count). The van der Waals surface area contributed by atoms with Gasteiger partial charge in [0.05, 0.1) is 12.2 Å². The number of pyridine rings is 1. The van der Waals surface area contributed by atoms with E-state index in [0.29, 0.717) is 12.2 Å². The van der Waals surface area contributed by atoms with Gasteiger partial charge in [0, 0.05) is 18.0 Å². The maximum Gasteiger partial charge on any atom is 0.166 e. The normalized spacial score (nSPS) is 10.1. The fraction of sp³-hybridized carbons (Fsp3) is 0.0833. The van der Waals surface area contributed by atoms with Crippen LogP contribution in [0.3, 0.4) is 0 Å². The quantitative estimate of drug-likeness (QED) is 0.778. The number of anilines is 1. The zero-order chi connectivity index (χ0) is 11.4. The molecule has 0 amide bonds. The fourth-order valence-corrected chi connectivity index (χ4v) is 1.31. The second kappa shape index (κ2) is 4.61. The van der Waals surface area contributed by atoms with Crippen LogP contribution in [0.2, 0.25) is 0 Å². The second-order valence-electron chi connectivity index (χ2n) is 3.34. The Morgan fingerprint density at radius 1 is 1.25 bits per heavy atom. The lowest BCUT2D eigenvalue weighted by atomic mass is 10.2. The van der Waals surface area contributed by atoms with E-state index in [4.69, 9.17) is 5.11 Å². The number of halogens is 1. The molecule has 0 aliphatic rings. The topological polar surface area (TPSA) is 45.1 Å². The van der Waals surface area contributed by atoms with Crippen LogP contribution in [0.1, 0.15) is 5.69 Å². The molecule has 0 saturated carbocycles. The summed E-state index contributed by atoms with van der Waals surface area (Å²) in [5.41, 5.74) is 1.48. The second-order valence-corrected chi connectivity index (χ2v) is 3.34. The van der Waals surface area contributed by atoms with E-state index in [-0.39, 0.29) is 5.75 Å². The molecule has 0 aliphatic heterocycles. The summed E-state index contributed by atoms with van der Waals surface area (Å²) in [4.78, 5) is 4.13. The Bertz CT molecular complexity index is 474. The van der Waals surface area contributed by atoms with Gasteiger partial charge < -0.3 is 10.4 Å². The van der Waals surface area contributed by atoms with Crippen LogP contribution < -0.4 is 5.32 Å². The van der Waals surface area contributed by atoms with Crippen LogP contribution in [-0.2, 0) is 6.54 Å². The number of aromatic nitrogens is 1. The van der Waals surface area contributed by atoms with Crippen LogP contribution in [0.5, 0.6) is 5.75 Å². The monoisotopic (exact) mass is 218 g/mol. The molecule has 0 saturated heterocycles. The molecule has 0 spiro atoms. The Balaban J connectivity index is 2.03. The highest BCUT2D eigenvalue weighted by molar-refractivity contribution is 5.47. The number of hydrogen-bond acceptors (Lipinski definition) is 3. The zero-order valence-corrected chi connectivity index (χ0v) is 8.52. The first kappa shape index (κ1) is 10.4. The molecule has 2 aromatic rings. The highest BCUT2D eigenvalue weighted by Crippen LogP contribution is 2.19. The van der Waals surface area contributed by atoms with Crippen LogP contribution >= 0.6 is 0 Å². The van der Waals surface area contributed by atoms with Crippen molar-refractivity contribution in [2.75, 3.05) is 5.32 Å².